The van der Waals surface area contributed by atoms with Crippen molar-refractivity contribution in [3.05, 3.63) is 23.8 Å². The number of rotatable bonds is 6. The van der Waals surface area contributed by atoms with E-state index in [0.29, 0.717) is 18.3 Å². The Kier molecular flexibility index (Phi) is 3.66. The lowest BCUT2D eigenvalue weighted by Gasteiger charge is -2.21. The van der Waals surface area contributed by atoms with Gasteiger partial charge in [-0.3, -0.25) is 9.69 Å². The van der Waals surface area contributed by atoms with Gasteiger partial charge in [0.25, 0.3) is 0 Å². The van der Waals surface area contributed by atoms with Crippen molar-refractivity contribution in [2.24, 2.45) is 5.92 Å². The first-order valence-corrected chi connectivity index (χ1v) is 7.52. The SMILES string of the molecule is Cc1cccc(N)c1NC(=O)CN(CC1CC1)C1CC1. The van der Waals surface area contributed by atoms with Crippen LogP contribution in [0.3, 0.4) is 0 Å². The molecule has 0 spiro atoms. The van der Waals surface area contributed by atoms with E-state index in [1.54, 1.807) is 0 Å². The quantitative estimate of drug-likeness (QED) is 0.782. The largest absolute Gasteiger partial charge is 0.397 e. The van der Waals surface area contributed by atoms with Crippen LogP contribution in [0, 0.1) is 12.8 Å². The Morgan fingerprint density at radius 2 is 2.10 bits per heavy atom. The van der Waals surface area contributed by atoms with E-state index in [-0.39, 0.29) is 5.91 Å². The molecule has 2 saturated carbocycles. The number of nitrogens with two attached hydrogens (primary N) is 1. The number of para-hydroxylation sites is 1. The van der Waals surface area contributed by atoms with Gasteiger partial charge in [0.15, 0.2) is 0 Å². The number of aryl methyl sites for hydroxylation is 1. The second-order valence-corrected chi connectivity index (χ2v) is 6.19. The van der Waals surface area contributed by atoms with Crippen molar-refractivity contribution in [1.82, 2.24) is 4.90 Å². The number of nitrogen functional groups attached to an aromatic ring is 1. The van der Waals surface area contributed by atoms with Gasteiger partial charge >= 0.3 is 0 Å². The number of amides is 1. The topological polar surface area (TPSA) is 58.4 Å². The minimum absolute atomic E-state index is 0.0542. The second-order valence-electron chi connectivity index (χ2n) is 6.19. The highest BCUT2D eigenvalue weighted by Crippen LogP contribution is 2.34. The van der Waals surface area contributed by atoms with Crippen LogP contribution in [-0.4, -0.2) is 29.9 Å². The van der Waals surface area contributed by atoms with E-state index >= 15 is 0 Å². The van der Waals surface area contributed by atoms with Gasteiger partial charge in [-0.2, -0.15) is 0 Å². The number of nitrogens with one attached hydrogen (secondary N) is 1. The van der Waals surface area contributed by atoms with Gasteiger partial charge in [-0.1, -0.05) is 12.1 Å². The average molecular weight is 273 g/mol. The zero-order chi connectivity index (χ0) is 14.1. The molecule has 0 aromatic heterocycles. The minimum atomic E-state index is 0.0542. The Bertz CT molecular complexity index is 486. The number of carbonyl (C=O) groups is 1. The van der Waals surface area contributed by atoms with Crippen LogP contribution in [0.2, 0.25) is 0 Å². The molecule has 2 fully saturated rings. The first-order valence-electron chi connectivity index (χ1n) is 7.52. The van der Waals surface area contributed by atoms with Crippen molar-refractivity contribution in [3.63, 3.8) is 0 Å². The number of hydrogen-bond acceptors (Lipinski definition) is 3. The number of nitrogens with zero attached hydrogens (tertiary/aromatic N) is 1. The van der Waals surface area contributed by atoms with Gasteiger partial charge < -0.3 is 11.1 Å². The van der Waals surface area contributed by atoms with Gasteiger partial charge in [-0.05, 0) is 50.2 Å². The van der Waals surface area contributed by atoms with Crippen LogP contribution in [0.5, 0.6) is 0 Å². The lowest BCUT2D eigenvalue weighted by molar-refractivity contribution is -0.117. The van der Waals surface area contributed by atoms with Crippen LogP contribution in [0.1, 0.15) is 31.2 Å². The summed E-state index contributed by atoms with van der Waals surface area (Å²) in [6.07, 6.45) is 5.14. The van der Waals surface area contributed by atoms with Crippen molar-refractivity contribution in [2.75, 3.05) is 24.1 Å². The van der Waals surface area contributed by atoms with E-state index in [0.717, 1.165) is 23.7 Å². The van der Waals surface area contributed by atoms with Crippen molar-refractivity contribution in [1.29, 1.82) is 0 Å². The Balaban J connectivity index is 1.60. The van der Waals surface area contributed by atoms with Gasteiger partial charge in [0.1, 0.15) is 0 Å². The fourth-order valence-electron chi connectivity index (χ4n) is 2.64. The molecule has 0 unspecified atom stereocenters. The molecular weight excluding hydrogens is 250 g/mol. The van der Waals surface area contributed by atoms with E-state index in [4.69, 9.17) is 5.73 Å². The predicted molar refractivity (Wildman–Crippen MR) is 81.5 cm³/mol. The normalized spacial score (nSPS) is 18.3. The molecule has 3 N–H and O–H groups in total. The minimum Gasteiger partial charge on any atom is -0.397 e. The van der Waals surface area contributed by atoms with E-state index in [1.807, 2.05) is 25.1 Å². The fraction of sp³-hybridized carbons (Fsp3) is 0.562. The maximum absolute atomic E-state index is 12.3. The van der Waals surface area contributed by atoms with E-state index in [9.17, 15) is 4.79 Å². The molecule has 4 heteroatoms. The Hall–Kier alpha value is -1.55. The molecule has 0 heterocycles. The zero-order valence-corrected chi connectivity index (χ0v) is 12.1. The molecule has 2 aliphatic rings. The summed E-state index contributed by atoms with van der Waals surface area (Å²) in [6, 6.07) is 6.33. The molecule has 4 nitrogen and oxygen atoms in total. The van der Waals surface area contributed by atoms with Crippen molar-refractivity contribution < 1.29 is 4.79 Å². The monoisotopic (exact) mass is 273 g/mol. The van der Waals surface area contributed by atoms with Crippen LogP contribution >= 0.6 is 0 Å². The molecule has 1 aromatic carbocycles. The van der Waals surface area contributed by atoms with Crippen molar-refractivity contribution >= 4 is 17.3 Å². The molecule has 0 atom stereocenters. The molecule has 1 aromatic rings. The Morgan fingerprint density at radius 3 is 2.70 bits per heavy atom. The summed E-state index contributed by atoms with van der Waals surface area (Å²) >= 11 is 0. The predicted octanol–water partition coefficient (Wildman–Crippen LogP) is 2.39. The molecule has 1 amide bonds. The number of benzene rings is 1. The summed E-state index contributed by atoms with van der Waals surface area (Å²) in [5.41, 5.74) is 8.35. The van der Waals surface area contributed by atoms with Gasteiger partial charge in [0.2, 0.25) is 5.91 Å². The summed E-state index contributed by atoms with van der Waals surface area (Å²) in [7, 11) is 0. The molecule has 3 rings (SSSR count). The number of hydrogen-bond donors (Lipinski definition) is 2. The lowest BCUT2D eigenvalue weighted by Crippen LogP contribution is -2.36. The molecule has 20 heavy (non-hydrogen) atoms. The van der Waals surface area contributed by atoms with Crippen molar-refractivity contribution in [2.45, 2.75) is 38.6 Å². The van der Waals surface area contributed by atoms with Crippen LogP contribution in [-0.2, 0) is 4.79 Å². The Morgan fingerprint density at radius 1 is 1.35 bits per heavy atom. The molecule has 0 aliphatic heterocycles. The molecule has 2 aliphatic carbocycles. The maximum atomic E-state index is 12.3. The molecule has 108 valence electrons. The van der Waals surface area contributed by atoms with Gasteiger partial charge in [-0.15, -0.1) is 0 Å². The highest BCUT2D eigenvalue weighted by molar-refractivity contribution is 5.96. The van der Waals surface area contributed by atoms with Crippen LogP contribution in [0.15, 0.2) is 18.2 Å². The zero-order valence-electron chi connectivity index (χ0n) is 12.1. The number of carbonyl (C=O) groups excluding carboxylic acids is 1. The van der Waals surface area contributed by atoms with E-state index in [1.165, 1.54) is 25.7 Å². The molecular formula is C16H23N3O. The maximum Gasteiger partial charge on any atom is 0.238 e. The highest BCUT2D eigenvalue weighted by atomic mass is 16.2. The van der Waals surface area contributed by atoms with E-state index < -0.39 is 0 Å². The van der Waals surface area contributed by atoms with Crippen LogP contribution < -0.4 is 11.1 Å². The highest BCUT2D eigenvalue weighted by Gasteiger charge is 2.34. The summed E-state index contributed by atoms with van der Waals surface area (Å²) < 4.78 is 0. The van der Waals surface area contributed by atoms with Crippen LogP contribution in [0.25, 0.3) is 0 Å². The lowest BCUT2D eigenvalue weighted by atomic mass is 10.1. The molecule has 0 bridgehead atoms. The number of anilines is 2. The molecule has 0 radical (unpaired) electrons. The Labute approximate surface area is 120 Å². The summed E-state index contributed by atoms with van der Waals surface area (Å²) in [5, 5.41) is 2.98. The van der Waals surface area contributed by atoms with Gasteiger partial charge in [0.05, 0.1) is 17.9 Å². The third-order valence-electron chi connectivity index (χ3n) is 4.17. The first kappa shape index (κ1) is 13.4. The average Bonchev–Trinajstić information content (AvgIpc) is 3.26. The smallest absolute Gasteiger partial charge is 0.238 e. The van der Waals surface area contributed by atoms with Crippen molar-refractivity contribution in [3.8, 4) is 0 Å². The summed E-state index contributed by atoms with van der Waals surface area (Å²) in [4.78, 5) is 14.6. The summed E-state index contributed by atoms with van der Waals surface area (Å²) in [6.45, 7) is 3.55. The fourth-order valence-corrected chi connectivity index (χ4v) is 2.64. The van der Waals surface area contributed by atoms with E-state index in [2.05, 4.69) is 10.2 Å². The third-order valence-corrected chi connectivity index (χ3v) is 4.17. The van der Waals surface area contributed by atoms with Crippen LogP contribution in [0.4, 0.5) is 11.4 Å². The third kappa shape index (κ3) is 3.31. The van der Waals surface area contributed by atoms with Gasteiger partial charge in [0, 0.05) is 12.6 Å². The van der Waals surface area contributed by atoms with Gasteiger partial charge in [-0.25, -0.2) is 0 Å². The standard InChI is InChI=1S/C16H23N3O/c1-11-3-2-4-14(17)16(11)18-15(20)10-19(13-7-8-13)9-12-5-6-12/h2-4,12-13H,5-10,17H2,1H3,(H,18,20). The summed E-state index contributed by atoms with van der Waals surface area (Å²) in [5.74, 6) is 0.880. The molecule has 0 saturated heterocycles. The second kappa shape index (κ2) is 5.44. The first-order chi connectivity index (χ1) is 9.63.